The second kappa shape index (κ2) is 8.94. The van der Waals surface area contributed by atoms with Crippen molar-refractivity contribution >= 4 is 93.2 Å². The summed E-state index contributed by atoms with van der Waals surface area (Å²) in [5, 5.41) is 21.5. The number of aromatic nitrogens is 1. The van der Waals surface area contributed by atoms with E-state index in [2.05, 4.69) is 76.6 Å². The fraction of sp³-hybridized carbons (Fsp3) is 0. The van der Waals surface area contributed by atoms with Crippen LogP contribution in [0, 0.1) is 21.4 Å². The first-order valence-corrected chi connectivity index (χ1v) is 14.8. The molecule has 6 rings (SSSR count). The van der Waals surface area contributed by atoms with E-state index in [4.69, 9.17) is 0 Å². The molecule has 35 heavy (non-hydrogen) atoms. The summed E-state index contributed by atoms with van der Waals surface area (Å²) in [6.07, 6.45) is 1.90. The van der Waals surface area contributed by atoms with Crippen LogP contribution in [0.1, 0.15) is 9.44 Å². The minimum atomic E-state index is -0.420. The third kappa shape index (κ3) is 4.02. The molecule has 1 aliphatic heterocycles. The number of nitro groups is 1. The van der Waals surface area contributed by atoms with Crippen molar-refractivity contribution in [1.82, 2.24) is 4.98 Å². The van der Waals surface area contributed by atoms with Gasteiger partial charge in [0, 0.05) is 0 Å². The van der Waals surface area contributed by atoms with Gasteiger partial charge in [-0.3, -0.25) is 0 Å². The fourth-order valence-corrected chi connectivity index (χ4v) is 9.15. The predicted octanol–water partition coefficient (Wildman–Crippen LogP) is 4.76. The quantitative estimate of drug-likeness (QED) is 0.125. The van der Waals surface area contributed by atoms with E-state index >= 15 is 0 Å². The molecule has 5 aromatic rings. The average Bonchev–Trinajstić information content (AvgIpc) is 3.52. The van der Waals surface area contributed by atoms with Gasteiger partial charge >= 0.3 is 218 Å². The van der Waals surface area contributed by atoms with Crippen LogP contribution < -0.4 is 13.8 Å². The predicted molar refractivity (Wildman–Crippen MR) is 143 cm³/mol. The standard InChI is InChI=1S/C26H14N4O2SSe2/c27-15-16(26-28-19-11-9-17(30(31)32)14-22(19)33-26)13-18-10-12-25(34-18)29-20-5-1-3-7-23(20)35-24-8-4-2-6-21(24)29/h1-14H/b16-13+. The molecule has 0 spiro atoms. The van der Waals surface area contributed by atoms with Crippen molar-refractivity contribution in [3.8, 4) is 6.07 Å². The molecule has 0 atom stereocenters. The van der Waals surface area contributed by atoms with E-state index in [0.717, 1.165) is 4.44 Å². The van der Waals surface area contributed by atoms with Gasteiger partial charge in [-0.15, -0.1) is 0 Å². The van der Waals surface area contributed by atoms with Gasteiger partial charge in [-0.1, -0.05) is 0 Å². The van der Waals surface area contributed by atoms with Gasteiger partial charge in [0.15, 0.2) is 0 Å². The fourth-order valence-electron chi connectivity index (χ4n) is 3.91. The summed E-state index contributed by atoms with van der Waals surface area (Å²) < 4.78 is 5.72. The van der Waals surface area contributed by atoms with Crippen LogP contribution >= 0.6 is 11.3 Å². The van der Waals surface area contributed by atoms with Crippen LogP contribution in [0.3, 0.4) is 0 Å². The number of hydrogen-bond acceptors (Lipinski definition) is 6. The van der Waals surface area contributed by atoms with Crippen molar-refractivity contribution in [2.75, 3.05) is 4.90 Å². The molecule has 168 valence electrons. The summed E-state index contributed by atoms with van der Waals surface area (Å²) in [6, 6.07) is 28.2. The van der Waals surface area contributed by atoms with Gasteiger partial charge < -0.3 is 0 Å². The Hall–Kier alpha value is -3.50. The van der Waals surface area contributed by atoms with Crippen LogP contribution in [-0.4, -0.2) is 39.4 Å². The number of thiazole rings is 1. The van der Waals surface area contributed by atoms with Gasteiger partial charge in [0.2, 0.25) is 0 Å². The molecule has 0 unspecified atom stereocenters. The number of non-ortho nitro benzene ring substituents is 1. The number of rotatable bonds is 4. The Kier molecular flexibility index (Phi) is 5.62. The van der Waals surface area contributed by atoms with Crippen LogP contribution in [-0.2, 0) is 0 Å². The first kappa shape index (κ1) is 22.0. The van der Waals surface area contributed by atoms with Crippen LogP contribution in [0.4, 0.5) is 21.6 Å². The maximum atomic E-state index is 11.1. The van der Waals surface area contributed by atoms with Crippen molar-refractivity contribution in [2.45, 2.75) is 0 Å². The number of para-hydroxylation sites is 2. The third-order valence-electron chi connectivity index (χ3n) is 5.49. The monoisotopic (exact) mass is 606 g/mol. The molecular formula is C26H14N4O2SSe2. The van der Waals surface area contributed by atoms with E-state index in [1.165, 1.54) is 48.3 Å². The average molecular weight is 604 g/mol. The zero-order valence-corrected chi connectivity index (χ0v) is 22.2. The second-order valence-corrected chi connectivity index (χ2v) is 13.2. The van der Waals surface area contributed by atoms with Crippen molar-refractivity contribution in [3.05, 3.63) is 98.4 Å². The van der Waals surface area contributed by atoms with Gasteiger partial charge in [0.05, 0.1) is 0 Å². The summed E-state index contributed by atoms with van der Waals surface area (Å²) >= 11 is 1.57. The third-order valence-corrected chi connectivity index (χ3v) is 11.0. The molecule has 6 nitrogen and oxygen atoms in total. The first-order valence-electron chi connectivity index (χ1n) is 10.5. The number of allylic oxidation sites excluding steroid dienone is 1. The molecule has 3 heterocycles. The van der Waals surface area contributed by atoms with E-state index < -0.39 is 4.92 Å². The van der Waals surface area contributed by atoms with E-state index in [-0.39, 0.29) is 35.1 Å². The molecule has 0 aliphatic carbocycles. The zero-order chi connectivity index (χ0) is 23.9. The molecule has 1 aliphatic rings. The molecule has 0 amide bonds. The molecule has 3 aromatic carbocycles. The summed E-state index contributed by atoms with van der Waals surface area (Å²) in [4.78, 5) is 17.6. The maximum absolute atomic E-state index is 11.1. The molecule has 0 saturated heterocycles. The van der Waals surface area contributed by atoms with Gasteiger partial charge in [-0.05, 0) is 0 Å². The zero-order valence-electron chi connectivity index (χ0n) is 17.9. The number of nitro benzene ring substituents is 1. The van der Waals surface area contributed by atoms with Gasteiger partial charge in [0.1, 0.15) is 0 Å². The molecule has 2 aromatic heterocycles. The minimum absolute atomic E-state index is 0.00211. The van der Waals surface area contributed by atoms with E-state index in [1.54, 1.807) is 6.07 Å². The number of hydrogen-bond donors (Lipinski definition) is 0. The molecule has 0 radical (unpaired) electrons. The summed E-state index contributed by atoms with van der Waals surface area (Å²) in [7, 11) is 0. The van der Waals surface area contributed by atoms with E-state index in [9.17, 15) is 15.4 Å². The van der Waals surface area contributed by atoms with Crippen molar-refractivity contribution in [3.63, 3.8) is 0 Å². The second-order valence-electron chi connectivity index (χ2n) is 7.65. The van der Waals surface area contributed by atoms with Gasteiger partial charge in [-0.2, -0.15) is 0 Å². The Labute approximate surface area is 216 Å². The normalized spacial score (nSPS) is 12.8. The summed E-state index contributed by atoms with van der Waals surface area (Å²) in [5.41, 5.74) is 3.61. The summed E-state index contributed by atoms with van der Waals surface area (Å²) in [5.74, 6) is 0. The number of benzene rings is 3. The van der Waals surface area contributed by atoms with Gasteiger partial charge in [0.25, 0.3) is 0 Å². The van der Waals surface area contributed by atoms with E-state index in [1.807, 2.05) is 6.08 Å². The molecule has 0 saturated carbocycles. The van der Waals surface area contributed by atoms with Crippen molar-refractivity contribution < 1.29 is 4.92 Å². The number of nitriles is 1. The van der Waals surface area contributed by atoms with Crippen LogP contribution in [0.15, 0.2) is 78.9 Å². The summed E-state index contributed by atoms with van der Waals surface area (Å²) in [6.45, 7) is 0. The van der Waals surface area contributed by atoms with Crippen molar-refractivity contribution in [2.24, 2.45) is 0 Å². The molecule has 0 N–H and O–H groups in total. The Morgan fingerprint density at radius 2 is 1.74 bits per heavy atom. The van der Waals surface area contributed by atoms with Crippen molar-refractivity contribution in [1.29, 1.82) is 5.26 Å². The van der Waals surface area contributed by atoms with Gasteiger partial charge in [-0.25, -0.2) is 0 Å². The number of nitrogens with zero attached hydrogens (tertiary/aromatic N) is 4. The van der Waals surface area contributed by atoms with Crippen LogP contribution in [0.5, 0.6) is 0 Å². The first-order chi connectivity index (χ1) is 17.1. The topological polar surface area (TPSA) is 83.1 Å². The number of fused-ring (bicyclic) bond motifs is 3. The Balaban J connectivity index is 1.39. The van der Waals surface area contributed by atoms with E-state index in [0.29, 0.717) is 20.8 Å². The van der Waals surface area contributed by atoms with Crippen LogP contribution in [0.2, 0.25) is 0 Å². The molecule has 0 fully saturated rings. The number of anilines is 3. The SMILES string of the molecule is N#C/C(=C\c1ccc(N2c3ccccc3[Se]c3ccccc32)[se]1)c1nc2ccc([N+](=O)[O-])cc2s1. The molecule has 0 bridgehead atoms. The van der Waals surface area contributed by atoms with Crippen LogP contribution in [0.25, 0.3) is 21.9 Å². The molecular weight excluding hydrogens is 590 g/mol. The molecule has 9 heteroatoms. The Morgan fingerprint density at radius 3 is 2.43 bits per heavy atom. The Bertz CT molecular complexity index is 1650. The Morgan fingerprint density at radius 1 is 1.03 bits per heavy atom.